The highest BCUT2D eigenvalue weighted by molar-refractivity contribution is 5.71. The van der Waals surface area contributed by atoms with Crippen LogP contribution in [-0.4, -0.2) is 19.5 Å². The van der Waals surface area contributed by atoms with Gasteiger partial charge in [-0.3, -0.25) is 0 Å². The van der Waals surface area contributed by atoms with Crippen molar-refractivity contribution in [2.24, 2.45) is 23.7 Å². The molecule has 170 valence electrons. The summed E-state index contributed by atoms with van der Waals surface area (Å²) >= 11 is 0. The summed E-state index contributed by atoms with van der Waals surface area (Å²) in [7, 11) is 0. The minimum atomic E-state index is -1.56. The first-order valence-corrected chi connectivity index (χ1v) is 11.3. The number of allylic oxidation sites excluding steroid dienone is 2. The van der Waals surface area contributed by atoms with E-state index in [1.807, 2.05) is 0 Å². The average molecular weight is 446 g/mol. The van der Waals surface area contributed by atoms with E-state index in [1.165, 1.54) is 18.6 Å². The fraction of sp³-hybridized carbons (Fsp3) is 0.462. The van der Waals surface area contributed by atoms with Gasteiger partial charge in [-0.2, -0.15) is 0 Å². The molecule has 2 nitrogen and oxygen atoms in total. The highest BCUT2D eigenvalue weighted by Gasteiger charge is 2.42. The summed E-state index contributed by atoms with van der Waals surface area (Å²) in [4.78, 5) is 0. The third-order valence-electron chi connectivity index (χ3n) is 7.20. The maximum absolute atomic E-state index is 14.8. The Bertz CT molecular complexity index is 1020. The highest BCUT2D eigenvalue weighted by Crippen LogP contribution is 2.46. The summed E-state index contributed by atoms with van der Waals surface area (Å²) in [6.07, 6.45) is 5.65. The van der Waals surface area contributed by atoms with Crippen molar-refractivity contribution in [2.45, 2.75) is 38.9 Å². The molecule has 2 aromatic carbocycles. The average Bonchev–Trinajstić information content (AvgIpc) is 3.54. The van der Waals surface area contributed by atoms with Crippen LogP contribution in [0.3, 0.4) is 0 Å². The van der Waals surface area contributed by atoms with Crippen molar-refractivity contribution >= 4 is 5.57 Å². The van der Waals surface area contributed by atoms with Crippen LogP contribution < -0.4 is 0 Å². The van der Waals surface area contributed by atoms with Gasteiger partial charge in [0.25, 0.3) is 0 Å². The Morgan fingerprint density at radius 3 is 2.06 bits per heavy atom. The molecule has 3 atom stereocenters. The molecule has 0 amide bonds. The van der Waals surface area contributed by atoms with Gasteiger partial charge in [-0.25, -0.2) is 17.6 Å². The predicted octanol–water partition coefficient (Wildman–Crippen LogP) is 6.74. The molecule has 1 aliphatic heterocycles. The van der Waals surface area contributed by atoms with E-state index in [0.717, 1.165) is 67.6 Å². The van der Waals surface area contributed by atoms with E-state index in [2.05, 4.69) is 13.0 Å². The summed E-state index contributed by atoms with van der Waals surface area (Å²) in [5, 5.41) is 0. The molecule has 0 spiro atoms. The van der Waals surface area contributed by atoms with Crippen LogP contribution in [0.1, 0.15) is 38.2 Å². The standard InChI is InChI=1S/C26H26F4O2/c1-14-8-21(14)19-12-31-26(32-13-19)16-4-2-15(3-5-16)17-6-7-20(22(27)9-17)18-10-23(28)25(30)24(29)11-18/h2,6-7,9-11,14,16,19,21,26H,3-5,8,12-13H2,1H3. The predicted molar refractivity (Wildman–Crippen MR) is 113 cm³/mol. The van der Waals surface area contributed by atoms with Gasteiger partial charge in [-0.1, -0.05) is 25.1 Å². The van der Waals surface area contributed by atoms with Gasteiger partial charge in [0.15, 0.2) is 23.7 Å². The number of hydrogen-bond donors (Lipinski definition) is 0. The lowest BCUT2D eigenvalue weighted by molar-refractivity contribution is -0.228. The smallest absolute Gasteiger partial charge is 0.194 e. The molecule has 3 unspecified atom stereocenters. The molecule has 0 aromatic heterocycles. The molecule has 1 saturated carbocycles. The maximum Gasteiger partial charge on any atom is 0.194 e. The minimum absolute atomic E-state index is 0.0318. The molecule has 5 rings (SSSR count). The van der Waals surface area contributed by atoms with Gasteiger partial charge in [-0.15, -0.1) is 0 Å². The van der Waals surface area contributed by atoms with Crippen LogP contribution in [0.5, 0.6) is 0 Å². The number of rotatable bonds is 4. The van der Waals surface area contributed by atoms with E-state index in [-0.39, 0.29) is 23.3 Å². The maximum atomic E-state index is 14.8. The summed E-state index contributed by atoms with van der Waals surface area (Å²) in [6, 6.07) is 6.20. The monoisotopic (exact) mass is 446 g/mol. The molecular formula is C26H26F4O2. The molecule has 6 heteroatoms. The Hall–Kier alpha value is -2.18. The third kappa shape index (κ3) is 4.23. The minimum Gasteiger partial charge on any atom is -0.352 e. The van der Waals surface area contributed by atoms with Crippen LogP contribution in [0.4, 0.5) is 17.6 Å². The van der Waals surface area contributed by atoms with E-state index in [1.54, 1.807) is 6.07 Å². The van der Waals surface area contributed by atoms with E-state index >= 15 is 0 Å². The van der Waals surface area contributed by atoms with Crippen molar-refractivity contribution in [3.63, 3.8) is 0 Å². The molecular weight excluding hydrogens is 420 g/mol. The molecule has 2 fully saturated rings. The van der Waals surface area contributed by atoms with E-state index in [9.17, 15) is 17.6 Å². The van der Waals surface area contributed by atoms with Gasteiger partial charge < -0.3 is 9.47 Å². The zero-order valence-corrected chi connectivity index (χ0v) is 17.9. The quantitative estimate of drug-likeness (QED) is 0.383. The number of halogens is 4. The normalized spacial score (nSPS) is 30.2. The third-order valence-corrected chi connectivity index (χ3v) is 7.20. The number of benzene rings is 2. The van der Waals surface area contributed by atoms with Crippen molar-refractivity contribution in [1.29, 1.82) is 0 Å². The molecule has 2 aromatic rings. The van der Waals surface area contributed by atoms with Crippen molar-refractivity contribution < 1.29 is 27.0 Å². The van der Waals surface area contributed by atoms with Gasteiger partial charge in [0.1, 0.15) is 5.82 Å². The highest BCUT2D eigenvalue weighted by atomic mass is 19.2. The fourth-order valence-corrected chi connectivity index (χ4v) is 5.08. The zero-order chi connectivity index (χ0) is 22.4. The summed E-state index contributed by atoms with van der Waals surface area (Å²) in [5.74, 6) is -2.51. The van der Waals surface area contributed by atoms with E-state index in [4.69, 9.17) is 9.47 Å². The SMILES string of the molecule is CC1CC1C1COC(C2CC=C(c3ccc(-c4cc(F)c(F)c(F)c4)c(F)c3)CC2)OC1. The first kappa shape index (κ1) is 21.7. The van der Waals surface area contributed by atoms with Crippen LogP contribution in [0.25, 0.3) is 16.7 Å². The van der Waals surface area contributed by atoms with E-state index < -0.39 is 23.3 Å². The van der Waals surface area contributed by atoms with Gasteiger partial charge in [0, 0.05) is 17.4 Å². The lowest BCUT2D eigenvalue weighted by Crippen LogP contribution is -2.38. The van der Waals surface area contributed by atoms with Crippen molar-refractivity contribution in [3.05, 3.63) is 65.2 Å². The Morgan fingerprint density at radius 2 is 1.50 bits per heavy atom. The Kier molecular flexibility index (Phi) is 5.84. The lowest BCUT2D eigenvalue weighted by atomic mass is 9.85. The molecule has 32 heavy (non-hydrogen) atoms. The first-order valence-electron chi connectivity index (χ1n) is 11.3. The zero-order valence-electron chi connectivity index (χ0n) is 17.9. The van der Waals surface area contributed by atoms with Crippen LogP contribution >= 0.6 is 0 Å². The van der Waals surface area contributed by atoms with Crippen molar-refractivity contribution in [3.8, 4) is 11.1 Å². The first-order chi connectivity index (χ1) is 15.4. The van der Waals surface area contributed by atoms with E-state index in [0.29, 0.717) is 5.92 Å². The molecule has 0 bridgehead atoms. The van der Waals surface area contributed by atoms with Gasteiger partial charge in [0.05, 0.1) is 13.2 Å². The topological polar surface area (TPSA) is 18.5 Å². The van der Waals surface area contributed by atoms with Crippen LogP contribution in [0, 0.1) is 46.9 Å². The summed E-state index contributed by atoms with van der Waals surface area (Å²) in [6.45, 7) is 3.81. The summed E-state index contributed by atoms with van der Waals surface area (Å²) < 4.78 is 67.1. The lowest BCUT2D eigenvalue weighted by Gasteiger charge is -2.35. The Labute approximate surface area is 185 Å². The molecule has 2 aliphatic carbocycles. The second-order valence-corrected chi connectivity index (χ2v) is 9.38. The van der Waals surface area contributed by atoms with Crippen molar-refractivity contribution in [2.75, 3.05) is 13.2 Å². The van der Waals surface area contributed by atoms with Crippen LogP contribution in [0.15, 0.2) is 36.4 Å². The molecule has 3 aliphatic rings. The van der Waals surface area contributed by atoms with Crippen molar-refractivity contribution in [1.82, 2.24) is 0 Å². The Balaban J connectivity index is 1.24. The van der Waals surface area contributed by atoms with Crippen LogP contribution in [0.2, 0.25) is 0 Å². The molecule has 1 heterocycles. The molecule has 1 saturated heterocycles. The van der Waals surface area contributed by atoms with Gasteiger partial charge >= 0.3 is 0 Å². The largest absolute Gasteiger partial charge is 0.352 e. The molecule has 0 radical (unpaired) electrons. The number of hydrogen-bond acceptors (Lipinski definition) is 2. The summed E-state index contributed by atoms with van der Waals surface area (Å²) in [5.41, 5.74) is 1.77. The second kappa shape index (κ2) is 8.64. The second-order valence-electron chi connectivity index (χ2n) is 9.38. The molecule has 0 N–H and O–H groups in total. The van der Waals surface area contributed by atoms with Gasteiger partial charge in [0.2, 0.25) is 0 Å². The Morgan fingerprint density at radius 1 is 0.844 bits per heavy atom. The fourth-order valence-electron chi connectivity index (χ4n) is 5.08. The van der Waals surface area contributed by atoms with Crippen LogP contribution in [-0.2, 0) is 9.47 Å². The van der Waals surface area contributed by atoms with Gasteiger partial charge in [-0.05, 0) is 72.4 Å². The number of ether oxygens (including phenoxy) is 2.